The maximum atomic E-state index is 9.50. The van der Waals surface area contributed by atoms with Gasteiger partial charge >= 0.3 is 0 Å². The molecule has 1 saturated heterocycles. The number of nitrogens with two attached hydrogens (primary N) is 1. The molecule has 116 valence electrons. The average Bonchev–Trinajstić information content (AvgIpc) is 2.81. The minimum absolute atomic E-state index is 0.0745. The number of hydrogen-bond donors (Lipinski definition) is 2. The van der Waals surface area contributed by atoms with Crippen molar-refractivity contribution in [1.29, 1.82) is 0 Å². The SMILES string of the molecule is NC(=NCC(CO)Cc1ccccn1)N1CCCCCC1. The first-order valence-corrected chi connectivity index (χ1v) is 7.85. The molecule has 21 heavy (non-hydrogen) atoms. The van der Waals surface area contributed by atoms with Crippen molar-refractivity contribution in [2.75, 3.05) is 26.2 Å². The van der Waals surface area contributed by atoms with Crippen molar-refractivity contribution >= 4 is 5.96 Å². The van der Waals surface area contributed by atoms with Crippen LogP contribution in [0.15, 0.2) is 29.4 Å². The van der Waals surface area contributed by atoms with Crippen LogP contribution >= 0.6 is 0 Å². The molecular formula is C16H26N4O. The lowest BCUT2D eigenvalue weighted by atomic mass is 10.0. The Morgan fingerprint density at radius 1 is 1.29 bits per heavy atom. The lowest BCUT2D eigenvalue weighted by Gasteiger charge is -2.22. The highest BCUT2D eigenvalue weighted by atomic mass is 16.3. The van der Waals surface area contributed by atoms with Crippen LogP contribution in [0.25, 0.3) is 0 Å². The summed E-state index contributed by atoms with van der Waals surface area (Å²) in [6, 6.07) is 5.84. The minimum atomic E-state index is 0.0745. The number of aliphatic hydroxyl groups excluding tert-OH is 1. The zero-order chi connectivity index (χ0) is 14.9. The van der Waals surface area contributed by atoms with E-state index in [0.29, 0.717) is 12.5 Å². The van der Waals surface area contributed by atoms with Crippen LogP contribution < -0.4 is 5.73 Å². The average molecular weight is 290 g/mol. The Hall–Kier alpha value is -1.62. The molecule has 1 atom stereocenters. The molecule has 0 saturated carbocycles. The first-order chi connectivity index (χ1) is 10.3. The number of nitrogens with zero attached hydrogens (tertiary/aromatic N) is 3. The van der Waals surface area contributed by atoms with Crippen LogP contribution in [0.2, 0.25) is 0 Å². The highest BCUT2D eigenvalue weighted by molar-refractivity contribution is 5.78. The Morgan fingerprint density at radius 2 is 2.05 bits per heavy atom. The predicted octanol–water partition coefficient (Wildman–Crippen LogP) is 1.42. The second kappa shape index (κ2) is 8.62. The quantitative estimate of drug-likeness (QED) is 0.635. The molecule has 2 rings (SSSR count). The van der Waals surface area contributed by atoms with Crippen molar-refractivity contribution in [3.05, 3.63) is 30.1 Å². The Kier molecular flexibility index (Phi) is 6.47. The molecule has 1 aliphatic heterocycles. The molecule has 1 aromatic rings. The van der Waals surface area contributed by atoms with E-state index in [2.05, 4.69) is 14.9 Å². The van der Waals surface area contributed by atoms with Crippen LogP contribution in [0.3, 0.4) is 0 Å². The second-order valence-corrected chi connectivity index (χ2v) is 5.67. The van der Waals surface area contributed by atoms with Crippen LogP contribution in [-0.2, 0) is 6.42 Å². The van der Waals surface area contributed by atoms with Crippen LogP contribution in [0, 0.1) is 5.92 Å². The van der Waals surface area contributed by atoms with Crippen molar-refractivity contribution < 1.29 is 5.11 Å². The van der Waals surface area contributed by atoms with Crippen molar-refractivity contribution in [1.82, 2.24) is 9.88 Å². The topological polar surface area (TPSA) is 74.7 Å². The molecule has 0 radical (unpaired) electrons. The molecule has 2 heterocycles. The van der Waals surface area contributed by atoms with Gasteiger partial charge in [0.15, 0.2) is 5.96 Å². The van der Waals surface area contributed by atoms with Crippen LogP contribution in [0.5, 0.6) is 0 Å². The number of guanidine groups is 1. The molecule has 5 nitrogen and oxygen atoms in total. The van der Waals surface area contributed by atoms with E-state index in [1.165, 1.54) is 25.7 Å². The predicted molar refractivity (Wildman–Crippen MR) is 85.0 cm³/mol. The van der Waals surface area contributed by atoms with Gasteiger partial charge in [-0.25, -0.2) is 0 Å². The summed E-state index contributed by atoms with van der Waals surface area (Å²) in [5.41, 5.74) is 7.08. The van der Waals surface area contributed by atoms with E-state index in [-0.39, 0.29) is 12.5 Å². The number of rotatable bonds is 5. The third-order valence-corrected chi connectivity index (χ3v) is 3.92. The molecule has 3 N–H and O–H groups in total. The molecule has 1 aliphatic rings. The Labute approximate surface area is 126 Å². The summed E-state index contributed by atoms with van der Waals surface area (Å²) in [5.74, 6) is 0.696. The monoisotopic (exact) mass is 290 g/mol. The van der Waals surface area contributed by atoms with Crippen molar-refractivity contribution in [3.63, 3.8) is 0 Å². The van der Waals surface area contributed by atoms with Crippen molar-refractivity contribution in [2.24, 2.45) is 16.6 Å². The van der Waals surface area contributed by atoms with E-state index in [1.807, 2.05) is 18.2 Å². The molecule has 1 aromatic heterocycles. The van der Waals surface area contributed by atoms with Gasteiger partial charge < -0.3 is 15.7 Å². The van der Waals surface area contributed by atoms with Gasteiger partial charge in [-0.1, -0.05) is 18.9 Å². The van der Waals surface area contributed by atoms with Gasteiger partial charge in [0.05, 0.1) is 0 Å². The van der Waals surface area contributed by atoms with Crippen LogP contribution in [0.1, 0.15) is 31.4 Å². The molecule has 0 amide bonds. The fourth-order valence-electron chi connectivity index (χ4n) is 2.62. The molecule has 1 unspecified atom stereocenters. The molecule has 0 aliphatic carbocycles. The van der Waals surface area contributed by atoms with Gasteiger partial charge in [0, 0.05) is 44.0 Å². The van der Waals surface area contributed by atoms with E-state index >= 15 is 0 Å². The van der Waals surface area contributed by atoms with Crippen LogP contribution in [-0.4, -0.2) is 47.2 Å². The zero-order valence-corrected chi connectivity index (χ0v) is 12.6. The molecule has 5 heteroatoms. The Bertz CT molecular complexity index is 427. The van der Waals surface area contributed by atoms with E-state index in [1.54, 1.807) is 6.20 Å². The number of aliphatic hydroxyl groups is 1. The van der Waals surface area contributed by atoms with Gasteiger partial charge in [0.2, 0.25) is 0 Å². The van der Waals surface area contributed by atoms with E-state index in [9.17, 15) is 5.11 Å². The summed E-state index contributed by atoms with van der Waals surface area (Å²) in [6.45, 7) is 2.65. The highest BCUT2D eigenvalue weighted by Gasteiger charge is 2.13. The number of aliphatic imine (C=N–C) groups is 1. The van der Waals surface area contributed by atoms with Gasteiger partial charge in [0.25, 0.3) is 0 Å². The molecule has 1 fully saturated rings. The third kappa shape index (κ3) is 5.34. The fraction of sp³-hybridized carbons (Fsp3) is 0.625. The summed E-state index contributed by atoms with van der Waals surface area (Å²) < 4.78 is 0. The van der Waals surface area contributed by atoms with E-state index in [0.717, 1.165) is 25.2 Å². The number of hydrogen-bond acceptors (Lipinski definition) is 3. The van der Waals surface area contributed by atoms with Gasteiger partial charge in [-0.15, -0.1) is 0 Å². The zero-order valence-electron chi connectivity index (χ0n) is 12.6. The number of aromatic nitrogens is 1. The lowest BCUT2D eigenvalue weighted by Crippen LogP contribution is -2.38. The third-order valence-electron chi connectivity index (χ3n) is 3.92. The fourth-order valence-corrected chi connectivity index (χ4v) is 2.62. The summed E-state index contributed by atoms with van der Waals surface area (Å²) in [7, 11) is 0. The van der Waals surface area contributed by atoms with Gasteiger partial charge in [-0.05, 0) is 31.4 Å². The Balaban J connectivity index is 1.87. The van der Waals surface area contributed by atoms with E-state index < -0.39 is 0 Å². The molecule has 0 aromatic carbocycles. The Morgan fingerprint density at radius 3 is 2.67 bits per heavy atom. The van der Waals surface area contributed by atoms with Crippen molar-refractivity contribution in [3.8, 4) is 0 Å². The van der Waals surface area contributed by atoms with Gasteiger partial charge in [-0.2, -0.15) is 0 Å². The first-order valence-electron chi connectivity index (χ1n) is 7.85. The smallest absolute Gasteiger partial charge is 0.191 e. The largest absolute Gasteiger partial charge is 0.396 e. The van der Waals surface area contributed by atoms with Crippen LogP contribution in [0.4, 0.5) is 0 Å². The lowest BCUT2D eigenvalue weighted by molar-refractivity contribution is 0.229. The standard InChI is InChI=1S/C16H26N4O/c17-16(20-9-5-1-2-6-10-20)19-12-14(13-21)11-15-7-3-4-8-18-15/h3-4,7-8,14,21H,1-2,5-6,9-13H2,(H2,17,19). The maximum Gasteiger partial charge on any atom is 0.191 e. The van der Waals surface area contributed by atoms with Gasteiger partial charge in [-0.3, -0.25) is 9.98 Å². The second-order valence-electron chi connectivity index (χ2n) is 5.67. The molecule has 0 spiro atoms. The summed E-state index contributed by atoms with van der Waals surface area (Å²) in [5, 5.41) is 9.50. The maximum absolute atomic E-state index is 9.50. The van der Waals surface area contributed by atoms with E-state index in [4.69, 9.17) is 5.73 Å². The summed E-state index contributed by atoms with van der Waals surface area (Å²) in [6.07, 6.45) is 7.44. The normalized spacial score (nSPS) is 18.3. The number of likely N-dealkylation sites (tertiary alicyclic amines) is 1. The summed E-state index contributed by atoms with van der Waals surface area (Å²) >= 11 is 0. The highest BCUT2D eigenvalue weighted by Crippen LogP contribution is 2.10. The number of pyridine rings is 1. The molecular weight excluding hydrogens is 264 g/mol. The minimum Gasteiger partial charge on any atom is -0.396 e. The summed E-state index contributed by atoms with van der Waals surface area (Å²) in [4.78, 5) is 11.0. The van der Waals surface area contributed by atoms with Gasteiger partial charge in [0.1, 0.15) is 0 Å². The molecule has 0 bridgehead atoms. The first kappa shape index (κ1) is 15.8. The van der Waals surface area contributed by atoms with Crippen molar-refractivity contribution in [2.45, 2.75) is 32.1 Å².